The van der Waals surface area contributed by atoms with E-state index in [0.717, 1.165) is 30.1 Å². The van der Waals surface area contributed by atoms with E-state index in [1.165, 1.54) is 11.1 Å². The van der Waals surface area contributed by atoms with Crippen molar-refractivity contribution in [3.63, 3.8) is 0 Å². The molecule has 2 aromatic carbocycles. The van der Waals surface area contributed by atoms with Crippen LogP contribution < -0.4 is 10.5 Å². The number of ether oxygens (including phenoxy) is 1. The number of nitrogens with two attached hydrogens (primary N) is 1. The number of rotatable bonds is 5. The molecule has 0 aliphatic heterocycles. The van der Waals surface area contributed by atoms with Crippen LogP contribution >= 0.6 is 0 Å². The molecular weight excluding hydrogens is 248 g/mol. The summed E-state index contributed by atoms with van der Waals surface area (Å²) in [5, 5.41) is 0. The Morgan fingerprint density at radius 3 is 2.60 bits per heavy atom. The van der Waals surface area contributed by atoms with Crippen molar-refractivity contribution in [2.75, 3.05) is 19.9 Å². The van der Waals surface area contributed by atoms with Crippen LogP contribution in [0.4, 0.5) is 5.69 Å². The van der Waals surface area contributed by atoms with Crippen LogP contribution in [-0.2, 0) is 13.1 Å². The average molecular weight is 270 g/mol. The van der Waals surface area contributed by atoms with Gasteiger partial charge in [0.25, 0.3) is 0 Å². The van der Waals surface area contributed by atoms with E-state index in [1.807, 2.05) is 18.2 Å². The zero-order chi connectivity index (χ0) is 14.5. The van der Waals surface area contributed by atoms with Crippen LogP contribution in [0.15, 0.2) is 42.5 Å². The fourth-order valence-electron chi connectivity index (χ4n) is 2.36. The Morgan fingerprint density at radius 2 is 1.90 bits per heavy atom. The number of methoxy groups -OCH3 is 1. The minimum absolute atomic E-state index is 0.729. The highest BCUT2D eigenvalue weighted by atomic mass is 16.5. The Kier molecular flexibility index (Phi) is 4.64. The average Bonchev–Trinajstić information content (AvgIpc) is 2.40. The molecule has 20 heavy (non-hydrogen) atoms. The van der Waals surface area contributed by atoms with Gasteiger partial charge in [0.15, 0.2) is 0 Å². The van der Waals surface area contributed by atoms with Crippen LogP contribution in [0.3, 0.4) is 0 Å². The molecule has 0 bridgehead atoms. The maximum Gasteiger partial charge on any atom is 0.125 e. The van der Waals surface area contributed by atoms with Gasteiger partial charge >= 0.3 is 0 Å². The van der Waals surface area contributed by atoms with Crippen LogP contribution in [0.5, 0.6) is 5.75 Å². The summed E-state index contributed by atoms with van der Waals surface area (Å²) in [4.78, 5) is 2.27. The molecular formula is C17H22N2O. The molecule has 0 unspecified atom stereocenters. The van der Waals surface area contributed by atoms with Crippen LogP contribution in [0.1, 0.15) is 16.7 Å². The molecule has 0 saturated heterocycles. The number of hydrogen-bond donors (Lipinski definition) is 1. The minimum Gasteiger partial charge on any atom is -0.496 e. The summed E-state index contributed by atoms with van der Waals surface area (Å²) in [5.74, 6) is 0.848. The zero-order valence-corrected chi connectivity index (χ0v) is 12.4. The summed E-state index contributed by atoms with van der Waals surface area (Å²) in [5.41, 5.74) is 10.3. The smallest absolute Gasteiger partial charge is 0.125 e. The molecule has 3 nitrogen and oxygen atoms in total. The van der Waals surface area contributed by atoms with E-state index in [4.69, 9.17) is 10.5 Å². The fourth-order valence-corrected chi connectivity index (χ4v) is 2.36. The van der Waals surface area contributed by atoms with Gasteiger partial charge in [-0.3, -0.25) is 4.90 Å². The van der Waals surface area contributed by atoms with E-state index < -0.39 is 0 Å². The highest BCUT2D eigenvalue weighted by Crippen LogP contribution is 2.23. The Morgan fingerprint density at radius 1 is 1.10 bits per heavy atom. The van der Waals surface area contributed by atoms with E-state index in [9.17, 15) is 0 Å². The van der Waals surface area contributed by atoms with Gasteiger partial charge in [-0.05, 0) is 25.6 Å². The van der Waals surface area contributed by atoms with Crippen molar-refractivity contribution in [1.29, 1.82) is 0 Å². The lowest BCUT2D eigenvalue weighted by atomic mass is 10.1. The molecule has 0 aliphatic rings. The summed E-state index contributed by atoms with van der Waals surface area (Å²) < 4.78 is 5.39. The van der Waals surface area contributed by atoms with Gasteiger partial charge in [0, 0.05) is 30.4 Å². The number of anilines is 1. The third kappa shape index (κ3) is 3.75. The monoisotopic (exact) mass is 270 g/mol. The molecule has 0 saturated carbocycles. The number of benzene rings is 2. The predicted octanol–water partition coefficient (Wildman–Crippen LogP) is 3.22. The number of aryl methyl sites for hydroxylation is 1. The molecule has 0 radical (unpaired) electrons. The fraction of sp³-hybridized carbons (Fsp3) is 0.294. The van der Waals surface area contributed by atoms with E-state index in [0.29, 0.717) is 0 Å². The molecule has 2 aromatic rings. The largest absolute Gasteiger partial charge is 0.496 e. The second-order valence-corrected chi connectivity index (χ2v) is 5.23. The van der Waals surface area contributed by atoms with E-state index in [2.05, 4.69) is 43.1 Å². The van der Waals surface area contributed by atoms with E-state index in [1.54, 1.807) is 7.11 Å². The topological polar surface area (TPSA) is 38.5 Å². The summed E-state index contributed by atoms with van der Waals surface area (Å²) in [7, 11) is 3.79. The molecule has 3 heteroatoms. The SMILES string of the molecule is COc1cc(N)ccc1CN(C)Cc1cccc(C)c1. The second kappa shape index (κ2) is 6.44. The van der Waals surface area contributed by atoms with Gasteiger partial charge in [-0.15, -0.1) is 0 Å². The first-order valence-corrected chi connectivity index (χ1v) is 6.75. The van der Waals surface area contributed by atoms with E-state index in [-0.39, 0.29) is 0 Å². The molecule has 0 amide bonds. The number of nitrogens with zero attached hydrogens (tertiary/aromatic N) is 1. The van der Waals surface area contributed by atoms with Gasteiger partial charge in [-0.1, -0.05) is 35.9 Å². The summed E-state index contributed by atoms with van der Waals surface area (Å²) in [6.07, 6.45) is 0. The Labute approximate surface area is 121 Å². The van der Waals surface area contributed by atoms with Crippen molar-refractivity contribution < 1.29 is 4.74 Å². The Balaban J connectivity index is 2.06. The summed E-state index contributed by atoms with van der Waals surface area (Å²) in [6, 6.07) is 14.4. The van der Waals surface area contributed by atoms with Crippen LogP contribution in [0, 0.1) is 6.92 Å². The molecule has 2 N–H and O–H groups in total. The predicted molar refractivity (Wildman–Crippen MR) is 83.8 cm³/mol. The first-order valence-electron chi connectivity index (χ1n) is 6.75. The quantitative estimate of drug-likeness (QED) is 0.848. The first-order chi connectivity index (χ1) is 9.58. The van der Waals surface area contributed by atoms with Gasteiger partial charge in [-0.25, -0.2) is 0 Å². The van der Waals surface area contributed by atoms with Crippen molar-refractivity contribution in [2.45, 2.75) is 20.0 Å². The molecule has 0 aliphatic carbocycles. The molecule has 0 spiro atoms. The second-order valence-electron chi connectivity index (χ2n) is 5.23. The maximum atomic E-state index is 5.78. The summed E-state index contributed by atoms with van der Waals surface area (Å²) in [6.45, 7) is 3.86. The zero-order valence-electron chi connectivity index (χ0n) is 12.4. The molecule has 0 aromatic heterocycles. The molecule has 0 heterocycles. The third-order valence-corrected chi connectivity index (χ3v) is 3.29. The van der Waals surface area contributed by atoms with Crippen molar-refractivity contribution in [3.8, 4) is 5.75 Å². The van der Waals surface area contributed by atoms with Gasteiger partial charge in [0.1, 0.15) is 5.75 Å². The molecule has 0 fully saturated rings. The Bertz CT molecular complexity index is 581. The minimum atomic E-state index is 0.729. The Hall–Kier alpha value is -2.00. The lowest BCUT2D eigenvalue weighted by Crippen LogP contribution is -2.17. The highest BCUT2D eigenvalue weighted by molar-refractivity contribution is 5.48. The number of hydrogen-bond acceptors (Lipinski definition) is 3. The van der Waals surface area contributed by atoms with Gasteiger partial charge < -0.3 is 10.5 Å². The van der Waals surface area contributed by atoms with Crippen molar-refractivity contribution >= 4 is 5.69 Å². The lowest BCUT2D eigenvalue weighted by molar-refractivity contribution is 0.310. The van der Waals surface area contributed by atoms with Gasteiger partial charge in [0.2, 0.25) is 0 Å². The van der Waals surface area contributed by atoms with Gasteiger partial charge in [0.05, 0.1) is 7.11 Å². The van der Waals surface area contributed by atoms with Crippen LogP contribution in [0.25, 0.3) is 0 Å². The number of nitrogen functional groups attached to an aromatic ring is 1. The summed E-state index contributed by atoms with van der Waals surface area (Å²) >= 11 is 0. The van der Waals surface area contributed by atoms with E-state index >= 15 is 0 Å². The normalized spacial score (nSPS) is 10.8. The maximum absolute atomic E-state index is 5.78. The lowest BCUT2D eigenvalue weighted by Gasteiger charge is -2.19. The third-order valence-electron chi connectivity index (χ3n) is 3.29. The van der Waals surface area contributed by atoms with Crippen molar-refractivity contribution in [1.82, 2.24) is 4.90 Å². The molecule has 106 valence electrons. The van der Waals surface area contributed by atoms with Crippen molar-refractivity contribution in [2.24, 2.45) is 0 Å². The highest BCUT2D eigenvalue weighted by Gasteiger charge is 2.07. The standard InChI is InChI=1S/C17H22N2O/c1-13-5-4-6-14(9-13)11-19(2)12-15-7-8-16(18)10-17(15)20-3/h4-10H,11-12,18H2,1-3H3. The first kappa shape index (κ1) is 14.4. The van der Waals surface area contributed by atoms with Gasteiger partial charge in [-0.2, -0.15) is 0 Å². The van der Waals surface area contributed by atoms with Crippen LogP contribution in [0.2, 0.25) is 0 Å². The molecule has 2 rings (SSSR count). The van der Waals surface area contributed by atoms with Crippen molar-refractivity contribution in [3.05, 3.63) is 59.2 Å². The van der Waals surface area contributed by atoms with Crippen LogP contribution in [-0.4, -0.2) is 19.1 Å². The molecule has 0 atom stereocenters.